The molecule has 1 aliphatic heterocycles. The number of rotatable bonds is 6. The van der Waals surface area contributed by atoms with E-state index >= 15 is 0 Å². The second kappa shape index (κ2) is 7.45. The van der Waals surface area contributed by atoms with Gasteiger partial charge in [0.05, 0.1) is 12.3 Å². The third kappa shape index (κ3) is 5.04. The Kier molecular flexibility index (Phi) is 5.61. The fourth-order valence-electron chi connectivity index (χ4n) is 2.53. The van der Waals surface area contributed by atoms with Gasteiger partial charge in [-0.05, 0) is 32.3 Å². The molecule has 0 aromatic carbocycles. The number of carbonyl (C=O) groups is 1. The predicted octanol–water partition coefficient (Wildman–Crippen LogP) is 1.47. The van der Waals surface area contributed by atoms with Crippen molar-refractivity contribution in [1.29, 1.82) is 0 Å². The van der Waals surface area contributed by atoms with Gasteiger partial charge in [0, 0.05) is 37.9 Å². The van der Waals surface area contributed by atoms with Crippen molar-refractivity contribution in [3.63, 3.8) is 0 Å². The highest BCUT2D eigenvalue weighted by atomic mass is 16.5. The molecule has 118 valence electrons. The molecule has 0 bridgehead atoms. The molecule has 1 fully saturated rings. The first-order valence-electron chi connectivity index (χ1n) is 7.65. The van der Waals surface area contributed by atoms with E-state index < -0.39 is 0 Å². The summed E-state index contributed by atoms with van der Waals surface area (Å²) in [6, 6.07) is 1.97. The summed E-state index contributed by atoms with van der Waals surface area (Å²) in [6.07, 6.45) is 1.04. The molecule has 6 nitrogen and oxygen atoms in total. The smallest absolute Gasteiger partial charge is 0.314 e. The van der Waals surface area contributed by atoms with E-state index in [0.717, 1.165) is 37.6 Å². The molecule has 6 heteroatoms. The van der Waals surface area contributed by atoms with E-state index in [0.29, 0.717) is 24.9 Å². The molecule has 2 amide bonds. The Morgan fingerprint density at radius 1 is 1.52 bits per heavy atom. The number of carbonyl (C=O) groups excluding carboxylic acids is 1. The van der Waals surface area contributed by atoms with Crippen LogP contribution >= 0.6 is 0 Å². The molecule has 2 rings (SSSR count). The number of aromatic nitrogens is 2. The van der Waals surface area contributed by atoms with E-state index in [1.54, 1.807) is 0 Å². The van der Waals surface area contributed by atoms with Gasteiger partial charge in [-0.25, -0.2) is 4.79 Å². The molecule has 0 unspecified atom stereocenters. The van der Waals surface area contributed by atoms with Gasteiger partial charge in [0.2, 0.25) is 0 Å². The van der Waals surface area contributed by atoms with Crippen LogP contribution in [0.4, 0.5) is 4.79 Å². The van der Waals surface area contributed by atoms with Gasteiger partial charge in [0.25, 0.3) is 0 Å². The average molecular weight is 294 g/mol. The average Bonchev–Trinajstić information content (AvgIpc) is 3.04. The second-order valence-corrected chi connectivity index (χ2v) is 6.03. The highest BCUT2D eigenvalue weighted by Crippen LogP contribution is 2.10. The maximum atomic E-state index is 11.7. The zero-order valence-corrected chi connectivity index (χ0v) is 13.2. The van der Waals surface area contributed by atoms with Crippen molar-refractivity contribution in [3.8, 4) is 0 Å². The van der Waals surface area contributed by atoms with Crippen molar-refractivity contribution >= 4 is 6.03 Å². The minimum absolute atomic E-state index is 0.0953. The second-order valence-electron chi connectivity index (χ2n) is 6.03. The number of amides is 2. The Balaban J connectivity index is 1.64. The first-order valence-corrected chi connectivity index (χ1v) is 7.65. The summed E-state index contributed by atoms with van der Waals surface area (Å²) in [4.78, 5) is 11.7. The normalized spacial score (nSPS) is 19.5. The molecule has 1 saturated heterocycles. The van der Waals surface area contributed by atoms with Crippen LogP contribution in [0.2, 0.25) is 0 Å². The number of aryl methyl sites for hydroxylation is 2. The molecular weight excluding hydrogens is 268 g/mol. The lowest BCUT2D eigenvalue weighted by atomic mass is 10.1. The maximum absolute atomic E-state index is 11.7. The van der Waals surface area contributed by atoms with Gasteiger partial charge < -0.3 is 15.4 Å². The SMILES string of the molecule is Cc1cc(C)n(C[C@@H](C)CNC(=O)NC[C@H]2CCOC2)n1. The lowest BCUT2D eigenvalue weighted by molar-refractivity contribution is 0.185. The summed E-state index contributed by atoms with van der Waals surface area (Å²) < 4.78 is 7.28. The molecule has 2 atom stereocenters. The Hall–Kier alpha value is -1.56. The van der Waals surface area contributed by atoms with E-state index in [1.807, 2.05) is 11.6 Å². The summed E-state index contributed by atoms with van der Waals surface area (Å²) in [7, 11) is 0. The number of hydrogen-bond donors (Lipinski definition) is 2. The molecule has 21 heavy (non-hydrogen) atoms. The molecule has 0 spiro atoms. The zero-order valence-electron chi connectivity index (χ0n) is 13.2. The molecule has 0 saturated carbocycles. The van der Waals surface area contributed by atoms with E-state index in [-0.39, 0.29) is 6.03 Å². The predicted molar refractivity (Wildman–Crippen MR) is 81.2 cm³/mol. The fourth-order valence-corrected chi connectivity index (χ4v) is 2.53. The van der Waals surface area contributed by atoms with Gasteiger partial charge in [-0.15, -0.1) is 0 Å². The van der Waals surface area contributed by atoms with Crippen molar-refractivity contribution < 1.29 is 9.53 Å². The van der Waals surface area contributed by atoms with Gasteiger partial charge in [-0.2, -0.15) is 5.10 Å². The third-order valence-electron chi connectivity index (χ3n) is 3.77. The van der Waals surface area contributed by atoms with Crippen molar-refractivity contribution in [2.75, 3.05) is 26.3 Å². The van der Waals surface area contributed by atoms with Crippen LogP contribution in [0.25, 0.3) is 0 Å². The molecule has 1 aliphatic rings. The van der Waals surface area contributed by atoms with Crippen LogP contribution in [0.5, 0.6) is 0 Å². The molecule has 0 radical (unpaired) electrons. The van der Waals surface area contributed by atoms with Crippen LogP contribution in [0, 0.1) is 25.7 Å². The van der Waals surface area contributed by atoms with E-state index in [2.05, 4.69) is 35.6 Å². The topological polar surface area (TPSA) is 68.2 Å². The summed E-state index contributed by atoms with van der Waals surface area (Å²) in [5.41, 5.74) is 2.19. The minimum atomic E-state index is -0.0953. The van der Waals surface area contributed by atoms with Crippen LogP contribution in [0.1, 0.15) is 24.7 Å². The molecule has 1 aromatic rings. The Morgan fingerprint density at radius 3 is 2.95 bits per heavy atom. The molecule has 1 aromatic heterocycles. The van der Waals surface area contributed by atoms with Gasteiger partial charge in [0.15, 0.2) is 0 Å². The Bertz CT molecular complexity index is 466. The number of nitrogens with zero attached hydrogens (tertiary/aromatic N) is 2. The number of hydrogen-bond acceptors (Lipinski definition) is 3. The van der Waals surface area contributed by atoms with E-state index in [9.17, 15) is 4.79 Å². The van der Waals surface area contributed by atoms with Crippen LogP contribution in [0.15, 0.2) is 6.07 Å². The highest BCUT2D eigenvalue weighted by molar-refractivity contribution is 5.73. The summed E-state index contributed by atoms with van der Waals surface area (Å²) in [6.45, 7) is 9.88. The molecule has 0 aliphatic carbocycles. The standard InChI is InChI=1S/C15H26N4O2/c1-11(9-19-13(3)6-12(2)18-19)7-16-15(20)17-8-14-4-5-21-10-14/h6,11,14H,4-5,7-10H2,1-3H3,(H2,16,17,20)/t11-,14+/m0/s1. The largest absolute Gasteiger partial charge is 0.381 e. The van der Waals surface area contributed by atoms with Crippen LogP contribution in [0.3, 0.4) is 0 Å². The number of ether oxygens (including phenoxy) is 1. The summed E-state index contributed by atoms with van der Waals surface area (Å²) in [5, 5.41) is 10.3. The monoisotopic (exact) mass is 294 g/mol. The van der Waals surface area contributed by atoms with E-state index in [1.165, 1.54) is 0 Å². The van der Waals surface area contributed by atoms with Gasteiger partial charge in [0.1, 0.15) is 0 Å². The van der Waals surface area contributed by atoms with Gasteiger partial charge in [-0.3, -0.25) is 4.68 Å². The maximum Gasteiger partial charge on any atom is 0.314 e. The van der Waals surface area contributed by atoms with Crippen molar-refractivity contribution in [2.24, 2.45) is 11.8 Å². The van der Waals surface area contributed by atoms with Crippen molar-refractivity contribution in [2.45, 2.75) is 33.7 Å². The minimum Gasteiger partial charge on any atom is -0.381 e. The number of nitrogens with one attached hydrogen (secondary N) is 2. The number of urea groups is 1. The zero-order chi connectivity index (χ0) is 15.2. The summed E-state index contributed by atoms with van der Waals surface area (Å²) in [5.74, 6) is 0.798. The van der Waals surface area contributed by atoms with Crippen molar-refractivity contribution in [1.82, 2.24) is 20.4 Å². The van der Waals surface area contributed by atoms with Crippen LogP contribution in [-0.2, 0) is 11.3 Å². The van der Waals surface area contributed by atoms with E-state index in [4.69, 9.17) is 4.74 Å². The third-order valence-corrected chi connectivity index (χ3v) is 3.77. The van der Waals surface area contributed by atoms with Gasteiger partial charge in [-0.1, -0.05) is 6.92 Å². The fraction of sp³-hybridized carbons (Fsp3) is 0.733. The van der Waals surface area contributed by atoms with Crippen LogP contribution in [-0.4, -0.2) is 42.1 Å². The Labute approximate surface area is 126 Å². The molecular formula is C15H26N4O2. The van der Waals surface area contributed by atoms with Gasteiger partial charge >= 0.3 is 6.03 Å². The first kappa shape index (κ1) is 15.8. The molecule has 2 heterocycles. The lowest BCUT2D eigenvalue weighted by Crippen LogP contribution is -2.40. The first-order chi connectivity index (χ1) is 10.0. The lowest BCUT2D eigenvalue weighted by Gasteiger charge is -2.15. The summed E-state index contributed by atoms with van der Waals surface area (Å²) >= 11 is 0. The highest BCUT2D eigenvalue weighted by Gasteiger charge is 2.16. The quantitative estimate of drug-likeness (QED) is 0.835. The van der Waals surface area contributed by atoms with Crippen molar-refractivity contribution in [3.05, 3.63) is 17.5 Å². The molecule has 2 N–H and O–H groups in total. The van der Waals surface area contributed by atoms with Crippen LogP contribution < -0.4 is 10.6 Å². The Morgan fingerprint density at radius 2 is 2.33 bits per heavy atom.